The van der Waals surface area contributed by atoms with E-state index in [4.69, 9.17) is 14.2 Å². The molecule has 0 radical (unpaired) electrons. The normalized spacial score (nSPS) is 12.6. The summed E-state index contributed by atoms with van der Waals surface area (Å²) in [7, 11) is 1.49. The van der Waals surface area contributed by atoms with E-state index < -0.39 is 19.3 Å². The van der Waals surface area contributed by atoms with Gasteiger partial charge < -0.3 is 24.1 Å². The molecule has 3 rings (SSSR count). The fourth-order valence-corrected chi connectivity index (χ4v) is 9.25. The van der Waals surface area contributed by atoms with Gasteiger partial charge in [0.2, 0.25) is 5.75 Å². The molecule has 1 unspecified atom stereocenters. The first-order valence-electron chi connectivity index (χ1n) is 12.5. The van der Waals surface area contributed by atoms with E-state index in [2.05, 4.69) is 13.8 Å². The molecule has 37 heavy (non-hydrogen) atoms. The summed E-state index contributed by atoms with van der Waals surface area (Å²) in [6.45, 7) is 4.22. The largest absolute Gasteiger partial charge is 0.493 e. The Morgan fingerprint density at radius 1 is 0.838 bits per heavy atom. The monoisotopic (exact) mass is 522 g/mol. The lowest BCUT2D eigenvalue weighted by molar-refractivity contribution is -0.137. The van der Waals surface area contributed by atoms with Gasteiger partial charge in [-0.05, 0) is 52.2 Å². The van der Waals surface area contributed by atoms with Gasteiger partial charge in [0.1, 0.15) is 0 Å². The zero-order valence-electron chi connectivity index (χ0n) is 22.4. The minimum Gasteiger partial charge on any atom is -0.493 e. The summed E-state index contributed by atoms with van der Waals surface area (Å²) in [5.74, 6) is 0.808. The summed E-state index contributed by atoms with van der Waals surface area (Å²) >= 11 is 0. The van der Waals surface area contributed by atoms with Gasteiger partial charge >= 0.3 is 5.97 Å². The van der Waals surface area contributed by atoms with Crippen molar-refractivity contribution < 1.29 is 28.9 Å². The van der Waals surface area contributed by atoms with Crippen LogP contribution in [0.2, 0.25) is 5.04 Å². The fourth-order valence-electron chi connectivity index (χ4n) is 5.42. The van der Waals surface area contributed by atoms with Crippen LogP contribution in [0.15, 0.2) is 72.8 Å². The smallest absolute Gasteiger partial charge is 0.303 e. The number of carboxylic acid groups (broad SMARTS) is 1. The lowest BCUT2D eigenvalue weighted by Gasteiger charge is -2.43. The number of benzene rings is 3. The Bertz CT molecular complexity index is 1120. The minimum absolute atomic E-state index is 0.0236. The van der Waals surface area contributed by atoms with E-state index in [1.165, 1.54) is 0 Å². The van der Waals surface area contributed by atoms with Crippen molar-refractivity contribution in [3.63, 3.8) is 0 Å². The number of hydrogen-bond donors (Lipinski definition) is 2. The summed E-state index contributed by atoms with van der Waals surface area (Å²) < 4.78 is 16.7. The van der Waals surface area contributed by atoms with Crippen LogP contribution in [-0.2, 0) is 11.2 Å². The van der Waals surface area contributed by atoms with Gasteiger partial charge in [0.05, 0.1) is 21.3 Å². The first-order valence-corrected chi connectivity index (χ1v) is 14.5. The van der Waals surface area contributed by atoms with Crippen LogP contribution in [0.4, 0.5) is 0 Å². The van der Waals surface area contributed by atoms with Crippen LogP contribution >= 0.6 is 0 Å². The van der Waals surface area contributed by atoms with E-state index in [-0.39, 0.29) is 12.3 Å². The van der Waals surface area contributed by atoms with Crippen molar-refractivity contribution in [1.29, 1.82) is 0 Å². The molecule has 0 fully saturated rings. The van der Waals surface area contributed by atoms with E-state index >= 15 is 0 Å². The van der Waals surface area contributed by atoms with Gasteiger partial charge in [-0.3, -0.25) is 4.79 Å². The van der Waals surface area contributed by atoms with Gasteiger partial charge in [-0.15, -0.1) is 0 Å². The lowest BCUT2D eigenvalue weighted by Crippen LogP contribution is -2.65. The van der Waals surface area contributed by atoms with Crippen LogP contribution in [0.25, 0.3) is 0 Å². The van der Waals surface area contributed by atoms with Crippen molar-refractivity contribution in [2.24, 2.45) is 5.92 Å². The Morgan fingerprint density at radius 2 is 1.38 bits per heavy atom. The average molecular weight is 523 g/mol. The molecule has 3 aromatic rings. The fraction of sp³-hybridized carbons (Fsp3) is 0.367. The Hall–Kier alpha value is -3.29. The minimum atomic E-state index is -3.24. The van der Waals surface area contributed by atoms with Gasteiger partial charge in [-0.2, -0.15) is 0 Å². The molecule has 0 amide bonds. The van der Waals surface area contributed by atoms with Crippen molar-refractivity contribution in [2.45, 2.75) is 44.6 Å². The number of carbonyl (C=O) groups is 1. The summed E-state index contributed by atoms with van der Waals surface area (Å²) in [6.07, 6.45) is 1.73. The SMILES string of the molecule is COc1ccc(CC(CCC(=O)O)CC(C)(C)[Si](O)(c2ccccc2)c2ccccc2)c(OC)c1OC. The predicted octanol–water partition coefficient (Wildman–Crippen LogP) is 4.66. The summed E-state index contributed by atoms with van der Waals surface area (Å²) in [4.78, 5) is 24.2. The maximum absolute atomic E-state index is 12.6. The molecule has 0 saturated heterocycles. The van der Waals surface area contributed by atoms with Crippen molar-refractivity contribution in [1.82, 2.24) is 0 Å². The molecule has 2 N–H and O–H groups in total. The quantitative estimate of drug-likeness (QED) is 0.318. The van der Waals surface area contributed by atoms with Crippen molar-refractivity contribution >= 4 is 24.7 Å². The number of aliphatic carboxylic acids is 1. The van der Waals surface area contributed by atoms with Crippen LogP contribution in [0.5, 0.6) is 17.2 Å². The molecule has 0 heterocycles. The molecule has 3 aromatic carbocycles. The molecule has 198 valence electrons. The van der Waals surface area contributed by atoms with E-state index in [0.29, 0.717) is 36.5 Å². The molecule has 0 aromatic heterocycles. The Morgan fingerprint density at radius 3 is 1.84 bits per heavy atom. The first-order chi connectivity index (χ1) is 17.7. The number of ether oxygens (including phenoxy) is 3. The molecule has 6 nitrogen and oxygen atoms in total. The second kappa shape index (κ2) is 12.3. The third-order valence-electron chi connectivity index (χ3n) is 7.22. The second-order valence-corrected chi connectivity index (χ2v) is 14.0. The van der Waals surface area contributed by atoms with Crippen LogP contribution in [0, 0.1) is 5.92 Å². The molecule has 1 atom stereocenters. The molecule has 7 heteroatoms. The highest BCUT2D eigenvalue weighted by molar-refractivity contribution is 6.98. The standard InChI is InChI=1S/C30H38O6Si/c1-30(2,37(33,24-12-8-6-9-13-24)25-14-10-7-11-15-25)21-22(16-19-27(31)32)20-23-17-18-26(34-3)29(36-5)28(23)35-4/h6-15,17-18,22,33H,16,19-21H2,1-5H3,(H,31,32). The van der Waals surface area contributed by atoms with Gasteiger partial charge in [-0.1, -0.05) is 80.6 Å². The number of rotatable bonds is 13. The molecule has 0 saturated carbocycles. The van der Waals surface area contributed by atoms with E-state index in [1.54, 1.807) is 21.3 Å². The molecule has 0 aliphatic heterocycles. The Kier molecular flexibility index (Phi) is 9.40. The van der Waals surface area contributed by atoms with Gasteiger partial charge in [0, 0.05) is 6.42 Å². The van der Waals surface area contributed by atoms with Crippen LogP contribution in [-0.4, -0.2) is 45.5 Å². The van der Waals surface area contributed by atoms with E-state index in [1.807, 2.05) is 72.8 Å². The van der Waals surface area contributed by atoms with Crippen molar-refractivity contribution in [2.75, 3.05) is 21.3 Å². The molecule has 0 aliphatic rings. The van der Waals surface area contributed by atoms with Gasteiger partial charge in [-0.25, -0.2) is 0 Å². The maximum Gasteiger partial charge on any atom is 0.303 e. The summed E-state index contributed by atoms with van der Waals surface area (Å²) in [5, 5.41) is 10.9. The van der Waals surface area contributed by atoms with Gasteiger partial charge in [0.25, 0.3) is 8.32 Å². The topological polar surface area (TPSA) is 85.2 Å². The third kappa shape index (κ3) is 6.17. The van der Waals surface area contributed by atoms with Crippen LogP contribution in [0.3, 0.4) is 0 Å². The third-order valence-corrected chi connectivity index (χ3v) is 11.7. The van der Waals surface area contributed by atoms with Crippen LogP contribution < -0.4 is 24.6 Å². The maximum atomic E-state index is 12.6. The zero-order chi connectivity index (χ0) is 27.1. The molecule has 0 spiro atoms. The number of hydrogen-bond acceptors (Lipinski definition) is 5. The Balaban J connectivity index is 2.04. The molecule has 0 bridgehead atoms. The van der Waals surface area contributed by atoms with Crippen LogP contribution in [0.1, 0.15) is 38.7 Å². The number of carboxylic acids is 1. The molecular weight excluding hydrogens is 484 g/mol. The summed E-state index contributed by atoms with van der Waals surface area (Å²) in [6, 6.07) is 23.6. The van der Waals surface area contributed by atoms with E-state index in [0.717, 1.165) is 15.9 Å². The first kappa shape index (κ1) is 28.3. The highest BCUT2D eigenvalue weighted by Gasteiger charge is 2.50. The van der Waals surface area contributed by atoms with Gasteiger partial charge in [0.15, 0.2) is 11.5 Å². The van der Waals surface area contributed by atoms with E-state index in [9.17, 15) is 14.7 Å². The Labute approximate surface area is 221 Å². The lowest BCUT2D eigenvalue weighted by atomic mass is 9.86. The number of methoxy groups -OCH3 is 3. The predicted molar refractivity (Wildman–Crippen MR) is 149 cm³/mol. The van der Waals surface area contributed by atoms with Crippen molar-refractivity contribution in [3.8, 4) is 17.2 Å². The second-order valence-electron chi connectivity index (χ2n) is 10.0. The molecular formula is C30H38O6Si. The molecule has 0 aliphatic carbocycles. The van der Waals surface area contributed by atoms with Crippen molar-refractivity contribution in [3.05, 3.63) is 78.4 Å². The highest BCUT2D eigenvalue weighted by Crippen LogP contribution is 2.45. The average Bonchev–Trinajstić information content (AvgIpc) is 2.91. The highest BCUT2D eigenvalue weighted by atomic mass is 28.4. The zero-order valence-corrected chi connectivity index (χ0v) is 23.4. The summed E-state index contributed by atoms with van der Waals surface area (Å²) in [5.41, 5.74) is 0.913.